The molecule has 1 aromatic carbocycles. The third-order valence-electron chi connectivity index (χ3n) is 2.58. The molecule has 0 aliphatic rings. The van der Waals surface area contributed by atoms with Crippen molar-refractivity contribution in [2.45, 2.75) is 13.8 Å². The summed E-state index contributed by atoms with van der Waals surface area (Å²) in [5, 5.41) is 12.0. The fraction of sp³-hybridized carbons (Fsp3) is 0.214. The molecule has 110 valence electrons. The van der Waals surface area contributed by atoms with Gasteiger partial charge in [-0.2, -0.15) is 4.98 Å². The van der Waals surface area contributed by atoms with Crippen LogP contribution in [0.4, 0.5) is 11.6 Å². The molecule has 0 aliphatic carbocycles. The molecule has 6 nitrogen and oxygen atoms in total. The lowest BCUT2D eigenvalue weighted by molar-refractivity contribution is 0.0697. The number of carboxylic acid groups (broad SMARTS) is 1. The zero-order chi connectivity index (χ0) is 15.4. The van der Waals surface area contributed by atoms with Crippen LogP contribution in [0, 0.1) is 6.92 Å². The standard InChI is InChI=1S/C14H14ClN3O3/c1-3-21-12-6-8(2)16-14(18-12)17-9-4-5-10(13(19)20)11(15)7-9/h4-7H,3H2,1-2H3,(H,19,20)(H,16,17,18). The van der Waals surface area contributed by atoms with Crippen molar-refractivity contribution in [3.05, 3.63) is 40.5 Å². The van der Waals surface area contributed by atoms with E-state index in [0.717, 1.165) is 5.69 Å². The summed E-state index contributed by atoms with van der Waals surface area (Å²) in [6.45, 7) is 4.21. The lowest BCUT2D eigenvalue weighted by Crippen LogP contribution is -2.03. The monoisotopic (exact) mass is 307 g/mol. The van der Waals surface area contributed by atoms with Crippen molar-refractivity contribution < 1.29 is 14.6 Å². The molecule has 0 radical (unpaired) electrons. The van der Waals surface area contributed by atoms with Gasteiger partial charge in [-0.1, -0.05) is 11.6 Å². The van der Waals surface area contributed by atoms with Gasteiger partial charge in [-0.25, -0.2) is 9.78 Å². The molecule has 0 atom stereocenters. The number of aromatic nitrogens is 2. The number of benzene rings is 1. The van der Waals surface area contributed by atoms with Crippen LogP contribution < -0.4 is 10.1 Å². The Morgan fingerprint density at radius 1 is 1.38 bits per heavy atom. The van der Waals surface area contributed by atoms with E-state index in [1.54, 1.807) is 12.1 Å². The number of halogens is 1. The Kier molecular flexibility index (Phi) is 4.59. The second kappa shape index (κ2) is 6.41. The van der Waals surface area contributed by atoms with E-state index in [-0.39, 0.29) is 10.6 Å². The summed E-state index contributed by atoms with van der Waals surface area (Å²) in [6.07, 6.45) is 0. The van der Waals surface area contributed by atoms with Crippen LogP contribution in [-0.2, 0) is 0 Å². The molecule has 0 saturated heterocycles. The lowest BCUT2D eigenvalue weighted by Gasteiger charge is -2.09. The number of aromatic carboxylic acids is 1. The van der Waals surface area contributed by atoms with Crippen LogP contribution in [0.3, 0.4) is 0 Å². The van der Waals surface area contributed by atoms with E-state index in [2.05, 4.69) is 15.3 Å². The van der Waals surface area contributed by atoms with E-state index in [1.807, 2.05) is 13.8 Å². The van der Waals surface area contributed by atoms with Gasteiger partial charge in [0.05, 0.1) is 17.2 Å². The average molecular weight is 308 g/mol. The summed E-state index contributed by atoms with van der Waals surface area (Å²) in [7, 11) is 0. The predicted molar refractivity (Wildman–Crippen MR) is 79.6 cm³/mol. The van der Waals surface area contributed by atoms with Gasteiger partial charge in [0, 0.05) is 17.4 Å². The van der Waals surface area contributed by atoms with Crippen molar-refractivity contribution in [3.8, 4) is 5.88 Å². The highest BCUT2D eigenvalue weighted by atomic mass is 35.5. The number of aryl methyl sites for hydroxylation is 1. The van der Waals surface area contributed by atoms with Crippen molar-refractivity contribution in [1.29, 1.82) is 0 Å². The first-order valence-electron chi connectivity index (χ1n) is 6.28. The molecule has 2 rings (SSSR count). The van der Waals surface area contributed by atoms with Crippen molar-refractivity contribution in [2.24, 2.45) is 0 Å². The summed E-state index contributed by atoms with van der Waals surface area (Å²) in [6, 6.07) is 6.26. The van der Waals surface area contributed by atoms with Crippen molar-refractivity contribution >= 4 is 29.2 Å². The molecule has 0 unspecified atom stereocenters. The Morgan fingerprint density at radius 3 is 2.76 bits per heavy atom. The topological polar surface area (TPSA) is 84.3 Å². The van der Waals surface area contributed by atoms with Gasteiger partial charge in [0.2, 0.25) is 11.8 Å². The Morgan fingerprint density at radius 2 is 2.14 bits per heavy atom. The summed E-state index contributed by atoms with van der Waals surface area (Å²) in [4.78, 5) is 19.3. The zero-order valence-electron chi connectivity index (χ0n) is 11.6. The van der Waals surface area contributed by atoms with Crippen molar-refractivity contribution in [3.63, 3.8) is 0 Å². The number of nitrogens with one attached hydrogen (secondary N) is 1. The minimum atomic E-state index is -1.07. The fourth-order valence-corrected chi connectivity index (χ4v) is 1.97. The van der Waals surface area contributed by atoms with Crippen LogP contribution in [0.2, 0.25) is 5.02 Å². The normalized spacial score (nSPS) is 10.2. The van der Waals surface area contributed by atoms with Gasteiger partial charge in [-0.3, -0.25) is 0 Å². The molecule has 0 fully saturated rings. The first kappa shape index (κ1) is 15.1. The Labute approximate surface area is 126 Å². The number of hydrogen-bond donors (Lipinski definition) is 2. The smallest absolute Gasteiger partial charge is 0.337 e. The van der Waals surface area contributed by atoms with Gasteiger partial charge >= 0.3 is 5.97 Å². The quantitative estimate of drug-likeness (QED) is 0.882. The molecule has 0 spiro atoms. The molecule has 2 aromatic rings. The first-order chi connectivity index (χ1) is 9.99. The van der Waals surface area contributed by atoms with Gasteiger partial charge < -0.3 is 15.2 Å². The van der Waals surface area contributed by atoms with Crippen molar-refractivity contribution in [2.75, 3.05) is 11.9 Å². The van der Waals surface area contributed by atoms with Gasteiger partial charge in [-0.05, 0) is 32.0 Å². The van der Waals surface area contributed by atoms with Crippen LogP contribution in [0.5, 0.6) is 5.88 Å². The molecule has 0 aliphatic heterocycles. The summed E-state index contributed by atoms with van der Waals surface area (Å²) >= 11 is 5.92. The SMILES string of the molecule is CCOc1cc(C)nc(Nc2ccc(C(=O)O)c(Cl)c2)n1. The summed E-state index contributed by atoms with van der Waals surface area (Å²) < 4.78 is 5.34. The Bertz CT molecular complexity index is 677. The molecular weight excluding hydrogens is 294 g/mol. The predicted octanol–water partition coefficient (Wildman–Crippen LogP) is 3.28. The van der Waals surface area contributed by atoms with E-state index in [0.29, 0.717) is 24.1 Å². The zero-order valence-corrected chi connectivity index (χ0v) is 12.3. The number of ether oxygens (including phenoxy) is 1. The average Bonchev–Trinajstić information content (AvgIpc) is 2.37. The molecule has 2 N–H and O–H groups in total. The number of anilines is 2. The number of carboxylic acids is 1. The van der Waals surface area contributed by atoms with E-state index in [4.69, 9.17) is 21.4 Å². The van der Waals surface area contributed by atoms with E-state index in [9.17, 15) is 4.79 Å². The molecule has 7 heteroatoms. The third-order valence-corrected chi connectivity index (χ3v) is 2.89. The number of carbonyl (C=O) groups is 1. The second-order valence-corrected chi connectivity index (χ2v) is 4.64. The largest absolute Gasteiger partial charge is 0.478 e. The van der Waals surface area contributed by atoms with Crippen LogP contribution in [-0.4, -0.2) is 27.7 Å². The highest BCUT2D eigenvalue weighted by molar-refractivity contribution is 6.33. The summed E-state index contributed by atoms with van der Waals surface area (Å²) in [5.41, 5.74) is 1.39. The minimum Gasteiger partial charge on any atom is -0.478 e. The molecule has 1 heterocycles. The fourth-order valence-electron chi connectivity index (χ4n) is 1.71. The van der Waals surface area contributed by atoms with Crippen LogP contribution in [0.1, 0.15) is 23.0 Å². The number of rotatable bonds is 5. The van der Waals surface area contributed by atoms with Crippen LogP contribution >= 0.6 is 11.6 Å². The maximum absolute atomic E-state index is 10.9. The van der Waals surface area contributed by atoms with Gasteiger partial charge in [0.15, 0.2) is 0 Å². The van der Waals surface area contributed by atoms with E-state index >= 15 is 0 Å². The number of hydrogen-bond acceptors (Lipinski definition) is 5. The first-order valence-corrected chi connectivity index (χ1v) is 6.65. The lowest BCUT2D eigenvalue weighted by atomic mass is 10.2. The van der Waals surface area contributed by atoms with E-state index < -0.39 is 5.97 Å². The van der Waals surface area contributed by atoms with Gasteiger partial charge in [0.25, 0.3) is 0 Å². The van der Waals surface area contributed by atoms with Crippen LogP contribution in [0.15, 0.2) is 24.3 Å². The van der Waals surface area contributed by atoms with Gasteiger partial charge in [-0.15, -0.1) is 0 Å². The maximum Gasteiger partial charge on any atom is 0.337 e. The third kappa shape index (κ3) is 3.82. The van der Waals surface area contributed by atoms with E-state index in [1.165, 1.54) is 12.1 Å². The summed E-state index contributed by atoms with van der Waals surface area (Å²) in [5.74, 6) is -0.240. The number of nitrogens with zero attached hydrogens (tertiary/aromatic N) is 2. The Hall–Kier alpha value is -2.34. The highest BCUT2D eigenvalue weighted by Gasteiger charge is 2.10. The molecule has 0 saturated carbocycles. The van der Waals surface area contributed by atoms with Crippen LogP contribution in [0.25, 0.3) is 0 Å². The molecule has 0 bridgehead atoms. The molecule has 21 heavy (non-hydrogen) atoms. The maximum atomic E-state index is 10.9. The second-order valence-electron chi connectivity index (χ2n) is 4.23. The molecular formula is C14H14ClN3O3. The molecule has 0 amide bonds. The molecule has 1 aromatic heterocycles. The van der Waals surface area contributed by atoms with Gasteiger partial charge in [0.1, 0.15) is 0 Å². The minimum absolute atomic E-state index is 0.0439. The van der Waals surface area contributed by atoms with Crippen molar-refractivity contribution in [1.82, 2.24) is 9.97 Å². The Balaban J connectivity index is 2.25. The highest BCUT2D eigenvalue weighted by Crippen LogP contribution is 2.23.